The first kappa shape index (κ1) is 14.1. The molecule has 0 radical (unpaired) electrons. The van der Waals surface area contributed by atoms with Crippen LogP contribution in [0.25, 0.3) is 0 Å². The third-order valence-corrected chi connectivity index (χ3v) is 3.07. The van der Waals surface area contributed by atoms with Gasteiger partial charge >= 0.3 is 5.97 Å². The average Bonchev–Trinajstić information content (AvgIpc) is 2.35. The number of fused-ring (bicyclic) bond motifs is 1. The van der Waals surface area contributed by atoms with E-state index in [0.29, 0.717) is 6.42 Å². The van der Waals surface area contributed by atoms with Crippen LogP contribution in [0.2, 0.25) is 0 Å². The number of rotatable bonds is 3. The minimum Gasteiger partial charge on any atom is -0.469 e. The van der Waals surface area contributed by atoms with Crippen molar-refractivity contribution >= 4 is 15.9 Å². The second kappa shape index (κ2) is 6.73. The minimum absolute atomic E-state index is 0. The third kappa shape index (κ3) is 3.79. The van der Waals surface area contributed by atoms with E-state index in [1.54, 1.807) is 0 Å². The molecule has 2 rings (SSSR count). The number of methoxy groups -OCH3 is 1. The van der Waals surface area contributed by atoms with Crippen LogP contribution in [-0.2, 0) is 22.5 Å². The van der Waals surface area contributed by atoms with E-state index in [4.69, 9.17) is 0 Å². The SMILES string of the molecule is COC(=O)CCN1CCc2ccccc2C1.P. The first-order valence-electron chi connectivity index (χ1n) is 5.65. The normalized spacial score (nSPS) is 14.6. The van der Waals surface area contributed by atoms with Crippen molar-refractivity contribution in [3.8, 4) is 0 Å². The molecule has 1 aromatic carbocycles. The van der Waals surface area contributed by atoms with Gasteiger partial charge in [-0.3, -0.25) is 9.69 Å². The standard InChI is InChI=1S/C13H17NO2.H3P/c1-16-13(15)7-9-14-8-6-11-4-2-3-5-12(11)10-14;/h2-5H,6-10H2,1H3;1H3. The van der Waals surface area contributed by atoms with Crippen LogP contribution in [0.4, 0.5) is 0 Å². The molecular weight excluding hydrogens is 233 g/mol. The molecule has 0 bridgehead atoms. The predicted molar refractivity (Wildman–Crippen MR) is 73.2 cm³/mol. The highest BCUT2D eigenvalue weighted by Crippen LogP contribution is 2.18. The molecule has 0 amide bonds. The van der Waals surface area contributed by atoms with Gasteiger partial charge in [-0.1, -0.05) is 24.3 Å². The Hall–Kier alpha value is -0.920. The molecule has 94 valence electrons. The Balaban J connectivity index is 0.00000144. The molecule has 1 aromatic rings. The summed E-state index contributed by atoms with van der Waals surface area (Å²) in [6.07, 6.45) is 1.57. The fourth-order valence-electron chi connectivity index (χ4n) is 2.10. The number of hydrogen-bond acceptors (Lipinski definition) is 3. The van der Waals surface area contributed by atoms with E-state index < -0.39 is 0 Å². The van der Waals surface area contributed by atoms with E-state index in [0.717, 1.165) is 26.1 Å². The lowest BCUT2D eigenvalue weighted by Gasteiger charge is -2.28. The summed E-state index contributed by atoms with van der Waals surface area (Å²) in [5, 5.41) is 0. The number of benzene rings is 1. The summed E-state index contributed by atoms with van der Waals surface area (Å²) in [5.74, 6) is -0.126. The van der Waals surface area contributed by atoms with Crippen molar-refractivity contribution in [2.45, 2.75) is 19.4 Å². The highest BCUT2D eigenvalue weighted by Gasteiger charge is 2.16. The van der Waals surface area contributed by atoms with Crippen molar-refractivity contribution < 1.29 is 9.53 Å². The first-order valence-corrected chi connectivity index (χ1v) is 5.65. The van der Waals surface area contributed by atoms with Crippen LogP contribution >= 0.6 is 9.90 Å². The number of nitrogens with zero attached hydrogens (tertiary/aromatic N) is 1. The van der Waals surface area contributed by atoms with Crippen molar-refractivity contribution in [2.75, 3.05) is 20.2 Å². The molecule has 0 saturated carbocycles. The smallest absolute Gasteiger partial charge is 0.306 e. The quantitative estimate of drug-likeness (QED) is 0.606. The van der Waals surface area contributed by atoms with Gasteiger partial charge in [0.2, 0.25) is 0 Å². The van der Waals surface area contributed by atoms with E-state index in [2.05, 4.69) is 33.9 Å². The number of ether oxygens (including phenoxy) is 1. The summed E-state index contributed by atoms with van der Waals surface area (Å²) in [5.41, 5.74) is 2.83. The van der Waals surface area contributed by atoms with Crippen LogP contribution < -0.4 is 0 Å². The Labute approximate surface area is 106 Å². The first-order chi connectivity index (χ1) is 7.79. The van der Waals surface area contributed by atoms with Gasteiger partial charge in [-0.25, -0.2) is 0 Å². The van der Waals surface area contributed by atoms with E-state index >= 15 is 0 Å². The van der Waals surface area contributed by atoms with Gasteiger partial charge in [0.15, 0.2) is 0 Å². The third-order valence-electron chi connectivity index (χ3n) is 3.07. The molecule has 0 fully saturated rings. The number of esters is 1. The minimum atomic E-state index is -0.126. The molecular formula is C13H20NO2P. The molecule has 3 nitrogen and oxygen atoms in total. The molecule has 1 unspecified atom stereocenters. The van der Waals surface area contributed by atoms with E-state index in [9.17, 15) is 4.79 Å². The Morgan fingerprint density at radius 3 is 2.76 bits per heavy atom. The lowest BCUT2D eigenvalue weighted by Crippen LogP contribution is -2.32. The van der Waals surface area contributed by atoms with Gasteiger partial charge in [0.25, 0.3) is 0 Å². The topological polar surface area (TPSA) is 29.5 Å². The summed E-state index contributed by atoms with van der Waals surface area (Å²) in [6, 6.07) is 8.51. The van der Waals surface area contributed by atoms with Gasteiger partial charge in [-0.2, -0.15) is 9.90 Å². The second-order valence-corrected chi connectivity index (χ2v) is 4.12. The largest absolute Gasteiger partial charge is 0.469 e. The molecule has 1 atom stereocenters. The summed E-state index contributed by atoms with van der Waals surface area (Å²) in [6.45, 7) is 2.78. The van der Waals surface area contributed by atoms with E-state index in [-0.39, 0.29) is 15.9 Å². The number of hydrogen-bond donors (Lipinski definition) is 0. The zero-order chi connectivity index (χ0) is 11.4. The lowest BCUT2D eigenvalue weighted by atomic mass is 10.00. The summed E-state index contributed by atoms with van der Waals surface area (Å²) < 4.78 is 4.65. The maximum atomic E-state index is 11.1. The highest BCUT2D eigenvalue weighted by molar-refractivity contribution is 6.92. The Morgan fingerprint density at radius 2 is 2.06 bits per heavy atom. The summed E-state index contributed by atoms with van der Waals surface area (Å²) >= 11 is 0. The Kier molecular flexibility index (Phi) is 5.60. The molecule has 0 spiro atoms. The zero-order valence-corrected chi connectivity index (χ0v) is 11.7. The Bertz CT molecular complexity index is 381. The molecule has 1 heterocycles. The van der Waals surface area contributed by atoms with Crippen LogP contribution in [0.5, 0.6) is 0 Å². The van der Waals surface area contributed by atoms with Gasteiger partial charge in [-0.05, 0) is 17.5 Å². The second-order valence-electron chi connectivity index (χ2n) is 4.12. The van der Waals surface area contributed by atoms with Gasteiger partial charge in [0.1, 0.15) is 0 Å². The van der Waals surface area contributed by atoms with Crippen LogP contribution in [0.3, 0.4) is 0 Å². The number of carbonyl (C=O) groups excluding carboxylic acids is 1. The van der Waals surface area contributed by atoms with Crippen molar-refractivity contribution in [1.29, 1.82) is 0 Å². The fraction of sp³-hybridized carbons (Fsp3) is 0.462. The average molecular weight is 253 g/mol. The molecule has 1 aliphatic rings. The molecule has 0 saturated heterocycles. The van der Waals surface area contributed by atoms with Gasteiger partial charge in [-0.15, -0.1) is 0 Å². The molecule has 0 aliphatic carbocycles. The van der Waals surface area contributed by atoms with Gasteiger partial charge in [0.05, 0.1) is 13.5 Å². The molecule has 0 aromatic heterocycles. The zero-order valence-electron chi connectivity index (χ0n) is 10.3. The molecule has 0 N–H and O–H groups in total. The number of carbonyl (C=O) groups is 1. The van der Waals surface area contributed by atoms with Crippen molar-refractivity contribution in [3.63, 3.8) is 0 Å². The van der Waals surface area contributed by atoms with Gasteiger partial charge in [0, 0.05) is 19.6 Å². The van der Waals surface area contributed by atoms with Crippen LogP contribution in [-0.4, -0.2) is 31.1 Å². The summed E-state index contributed by atoms with van der Waals surface area (Å²) in [4.78, 5) is 13.4. The monoisotopic (exact) mass is 253 g/mol. The van der Waals surface area contributed by atoms with Crippen molar-refractivity contribution in [3.05, 3.63) is 35.4 Å². The lowest BCUT2D eigenvalue weighted by molar-refractivity contribution is -0.141. The van der Waals surface area contributed by atoms with Gasteiger partial charge < -0.3 is 4.74 Å². The van der Waals surface area contributed by atoms with E-state index in [1.807, 2.05) is 0 Å². The molecule has 17 heavy (non-hydrogen) atoms. The van der Waals surface area contributed by atoms with E-state index in [1.165, 1.54) is 18.2 Å². The van der Waals surface area contributed by atoms with Crippen LogP contribution in [0.1, 0.15) is 17.5 Å². The van der Waals surface area contributed by atoms with Crippen molar-refractivity contribution in [2.24, 2.45) is 0 Å². The highest BCUT2D eigenvalue weighted by atomic mass is 31.0. The maximum absolute atomic E-state index is 11.1. The van der Waals surface area contributed by atoms with Crippen LogP contribution in [0, 0.1) is 0 Å². The maximum Gasteiger partial charge on any atom is 0.306 e. The van der Waals surface area contributed by atoms with Crippen molar-refractivity contribution in [1.82, 2.24) is 4.90 Å². The predicted octanol–water partition coefficient (Wildman–Crippen LogP) is 1.67. The molecule has 4 heteroatoms. The Morgan fingerprint density at radius 1 is 1.35 bits per heavy atom. The summed E-state index contributed by atoms with van der Waals surface area (Å²) in [7, 11) is 1.44. The molecule has 1 aliphatic heterocycles. The van der Waals surface area contributed by atoms with Crippen LogP contribution in [0.15, 0.2) is 24.3 Å². The fourth-order valence-corrected chi connectivity index (χ4v) is 2.10.